The molecule has 2 aromatic heterocycles. The summed E-state index contributed by atoms with van der Waals surface area (Å²) in [6.07, 6.45) is 5.89. The number of aryl methyl sites for hydroxylation is 1. The molecular formula is C28H27Cl2N5O2. The fourth-order valence-corrected chi connectivity index (χ4v) is 4.35. The highest BCUT2D eigenvalue weighted by Crippen LogP contribution is 2.27. The molecule has 4 aromatic rings. The second kappa shape index (κ2) is 12.5. The van der Waals surface area contributed by atoms with Crippen molar-refractivity contribution in [2.75, 3.05) is 6.54 Å². The summed E-state index contributed by atoms with van der Waals surface area (Å²) in [5.74, 6) is -0.630. The molecule has 9 heteroatoms. The molecule has 2 aromatic carbocycles. The first kappa shape index (κ1) is 26.4. The van der Waals surface area contributed by atoms with E-state index in [0.29, 0.717) is 35.9 Å². The predicted octanol–water partition coefficient (Wildman–Crippen LogP) is 5.47. The van der Waals surface area contributed by atoms with Crippen molar-refractivity contribution in [2.24, 2.45) is 5.73 Å². The maximum atomic E-state index is 12.9. The van der Waals surface area contributed by atoms with Gasteiger partial charge in [-0.2, -0.15) is 5.10 Å². The molecule has 190 valence electrons. The van der Waals surface area contributed by atoms with Crippen molar-refractivity contribution in [3.63, 3.8) is 0 Å². The number of carbonyl (C=O) groups is 2. The van der Waals surface area contributed by atoms with Crippen molar-refractivity contribution in [3.8, 4) is 16.9 Å². The Balaban J connectivity index is 1.45. The third kappa shape index (κ3) is 7.18. The van der Waals surface area contributed by atoms with Gasteiger partial charge >= 0.3 is 0 Å². The number of rotatable bonds is 11. The Morgan fingerprint density at radius 1 is 0.946 bits per heavy atom. The maximum absolute atomic E-state index is 12.9. The number of nitrogens with zero attached hydrogens (tertiary/aromatic N) is 4. The van der Waals surface area contributed by atoms with E-state index < -0.39 is 5.91 Å². The number of hydrogen-bond donors (Lipinski definition) is 1. The molecule has 37 heavy (non-hydrogen) atoms. The van der Waals surface area contributed by atoms with Gasteiger partial charge < -0.3 is 10.6 Å². The quantitative estimate of drug-likeness (QED) is 0.257. The lowest BCUT2D eigenvalue weighted by atomic mass is 10.1. The van der Waals surface area contributed by atoms with E-state index in [9.17, 15) is 9.59 Å². The van der Waals surface area contributed by atoms with E-state index in [1.807, 2.05) is 59.3 Å². The van der Waals surface area contributed by atoms with Gasteiger partial charge in [0.25, 0.3) is 0 Å². The Bertz CT molecular complexity index is 1360. The summed E-state index contributed by atoms with van der Waals surface area (Å²) in [6, 6.07) is 20.8. The number of aromatic nitrogens is 3. The Morgan fingerprint density at radius 2 is 1.76 bits per heavy atom. The van der Waals surface area contributed by atoms with Gasteiger partial charge in [0, 0.05) is 36.6 Å². The van der Waals surface area contributed by atoms with Crippen LogP contribution in [-0.4, -0.2) is 38.0 Å². The average Bonchev–Trinajstić information content (AvgIpc) is 3.33. The zero-order valence-corrected chi connectivity index (χ0v) is 21.7. The number of halogens is 2. The Hall–Kier alpha value is -3.68. The molecule has 0 spiro atoms. The molecule has 0 unspecified atom stereocenters. The van der Waals surface area contributed by atoms with Crippen LogP contribution in [0.1, 0.15) is 30.5 Å². The monoisotopic (exact) mass is 535 g/mol. The van der Waals surface area contributed by atoms with Gasteiger partial charge in [-0.05, 0) is 61.2 Å². The molecule has 4 rings (SSSR count). The molecule has 2 amide bonds. The molecule has 0 aliphatic rings. The molecule has 0 fully saturated rings. The van der Waals surface area contributed by atoms with Crippen molar-refractivity contribution in [2.45, 2.75) is 32.2 Å². The Morgan fingerprint density at radius 3 is 2.46 bits per heavy atom. The molecule has 0 bridgehead atoms. The summed E-state index contributed by atoms with van der Waals surface area (Å²) >= 11 is 12.4. The van der Waals surface area contributed by atoms with E-state index in [1.54, 1.807) is 24.5 Å². The second-order valence-electron chi connectivity index (χ2n) is 8.68. The Kier molecular flexibility index (Phi) is 8.93. The number of benzene rings is 2. The van der Waals surface area contributed by atoms with Crippen LogP contribution in [-0.2, 0) is 22.6 Å². The van der Waals surface area contributed by atoms with Gasteiger partial charge in [0.05, 0.1) is 28.0 Å². The summed E-state index contributed by atoms with van der Waals surface area (Å²) in [5, 5.41) is 5.71. The van der Waals surface area contributed by atoms with Crippen LogP contribution >= 0.6 is 23.2 Å². The minimum Gasteiger partial charge on any atom is -0.368 e. The highest BCUT2D eigenvalue weighted by Gasteiger charge is 2.17. The first-order valence-corrected chi connectivity index (χ1v) is 12.7. The van der Waals surface area contributed by atoms with Crippen LogP contribution < -0.4 is 5.73 Å². The largest absolute Gasteiger partial charge is 0.368 e. The average molecular weight is 536 g/mol. The molecule has 2 heterocycles. The smallest absolute Gasteiger partial charge is 0.237 e. The van der Waals surface area contributed by atoms with E-state index in [4.69, 9.17) is 34.0 Å². The van der Waals surface area contributed by atoms with Gasteiger partial charge in [-0.25, -0.2) is 4.68 Å². The van der Waals surface area contributed by atoms with Gasteiger partial charge in [0.15, 0.2) is 0 Å². The van der Waals surface area contributed by atoms with E-state index >= 15 is 0 Å². The number of unbranched alkanes of at least 4 members (excludes halogenated alkanes) is 1. The van der Waals surface area contributed by atoms with Crippen molar-refractivity contribution in [1.29, 1.82) is 0 Å². The second-order valence-corrected chi connectivity index (χ2v) is 9.50. The standard InChI is InChI=1S/C28H27Cl2N5O2/c29-24-13-12-23(15-25(24)30)35-22(16-26(33-35)21-9-6-14-32-17-21)10-4-5-11-28(37)34(19-27(31)36)18-20-7-2-1-3-8-20/h1-3,6-9,12-17H,4-5,10-11,18-19H2,(H2,31,36). The predicted molar refractivity (Wildman–Crippen MR) is 145 cm³/mol. The van der Waals surface area contributed by atoms with E-state index in [0.717, 1.165) is 34.6 Å². The lowest BCUT2D eigenvalue weighted by molar-refractivity contribution is -0.135. The van der Waals surface area contributed by atoms with Crippen LogP contribution in [0, 0.1) is 0 Å². The van der Waals surface area contributed by atoms with Crippen molar-refractivity contribution >= 4 is 35.0 Å². The van der Waals surface area contributed by atoms with E-state index in [-0.39, 0.29) is 12.5 Å². The molecule has 2 N–H and O–H groups in total. The third-order valence-corrected chi connectivity index (χ3v) is 6.62. The van der Waals surface area contributed by atoms with Crippen molar-refractivity contribution in [1.82, 2.24) is 19.7 Å². The van der Waals surface area contributed by atoms with Crippen LogP contribution in [0.5, 0.6) is 0 Å². The first-order chi connectivity index (χ1) is 17.9. The fraction of sp³-hybridized carbons (Fsp3) is 0.214. The SMILES string of the molecule is NC(=O)CN(Cc1ccccc1)C(=O)CCCCc1cc(-c2cccnc2)nn1-c1ccc(Cl)c(Cl)c1. The van der Waals surface area contributed by atoms with Gasteiger partial charge in [0.2, 0.25) is 11.8 Å². The van der Waals surface area contributed by atoms with E-state index in [2.05, 4.69) is 4.98 Å². The molecule has 0 atom stereocenters. The number of amides is 2. The molecule has 0 aliphatic carbocycles. The Labute approximate surface area is 225 Å². The zero-order chi connectivity index (χ0) is 26.2. The number of nitrogens with two attached hydrogens (primary N) is 1. The number of hydrogen-bond acceptors (Lipinski definition) is 4. The number of primary amides is 1. The number of pyridine rings is 1. The van der Waals surface area contributed by atoms with Crippen molar-refractivity contribution < 1.29 is 9.59 Å². The van der Waals surface area contributed by atoms with Crippen LogP contribution in [0.3, 0.4) is 0 Å². The lowest BCUT2D eigenvalue weighted by Gasteiger charge is -2.21. The van der Waals surface area contributed by atoms with Gasteiger partial charge in [0.1, 0.15) is 0 Å². The van der Waals surface area contributed by atoms with E-state index in [1.165, 1.54) is 4.90 Å². The van der Waals surface area contributed by atoms with Gasteiger partial charge in [-0.3, -0.25) is 14.6 Å². The summed E-state index contributed by atoms with van der Waals surface area (Å²) < 4.78 is 1.85. The number of carbonyl (C=O) groups excluding carboxylic acids is 2. The van der Waals surface area contributed by atoms with Gasteiger partial charge in [-0.1, -0.05) is 53.5 Å². The van der Waals surface area contributed by atoms with Gasteiger partial charge in [-0.15, -0.1) is 0 Å². The molecular weight excluding hydrogens is 509 g/mol. The molecule has 0 saturated heterocycles. The summed E-state index contributed by atoms with van der Waals surface area (Å²) in [5.41, 5.74) is 9.81. The molecule has 7 nitrogen and oxygen atoms in total. The van der Waals surface area contributed by atoms with Crippen LogP contribution in [0.4, 0.5) is 0 Å². The normalized spacial score (nSPS) is 10.9. The summed E-state index contributed by atoms with van der Waals surface area (Å²) in [7, 11) is 0. The highest BCUT2D eigenvalue weighted by molar-refractivity contribution is 6.42. The summed E-state index contributed by atoms with van der Waals surface area (Å²) in [4.78, 5) is 30.2. The third-order valence-electron chi connectivity index (χ3n) is 5.88. The van der Waals surface area contributed by atoms with Crippen LogP contribution in [0.25, 0.3) is 16.9 Å². The van der Waals surface area contributed by atoms with Crippen molar-refractivity contribution in [3.05, 3.63) is 100 Å². The van der Waals surface area contributed by atoms with Crippen LogP contribution in [0.2, 0.25) is 10.0 Å². The molecule has 0 aliphatic heterocycles. The topological polar surface area (TPSA) is 94.1 Å². The summed E-state index contributed by atoms with van der Waals surface area (Å²) in [6.45, 7) is 0.244. The first-order valence-electron chi connectivity index (χ1n) is 12.0. The minimum absolute atomic E-state index is 0.100. The van der Waals surface area contributed by atoms with Crippen LogP contribution in [0.15, 0.2) is 79.1 Å². The molecule has 0 saturated carbocycles. The minimum atomic E-state index is -0.530. The maximum Gasteiger partial charge on any atom is 0.237 e. The zero-order valence-electron chi connectivity index (χ0n) is 20.2. The highest BCUT2D eigenvalue weighted by atomic mass is 35.5. The molecule has 0 radical (unpaired) electrons. The fourth-order valence-electron chi connectivity index (χ4n) is 4.06. The lowest BCUT2D eigenvalue weighted by Crippen LogP contribution is -2.37.